The molecule has 0 aliphatic rings. The van der Waals surface area contributed by atoms with Gasteiger partial charge in [-0.05, 0) is 29.9 Å². The molecule has 0 spiro atoms. The highest BCUT2D eigenvalue weighted by molar-refractivity contribution is 5.25. The Balaban J connectivity index is 1.25. The maximum absolute atomic E-state index is 4.78. The molecule has 0 radical (unpaired) electrons. The summed E-state index contributed by atoms with van der Waals surface area (Å²) in [5.41, 5.74) is 2.81. The van der Waals surface area contributed by atoms with Gasteiger partial charge in [0.25, 0.3) is 0 Å². The average Bonchev–Trinajstić information content (AvgIpc) is 3.42. The van der Waals surface area contributed by atoms with E-state index in [-0.39, 0.29) is 0 Å². The van der Waals surface area contributed by atoms with Crippen LogP contribution in [0.15, 0.2) is 73.1 Å². The van der Waals surface area contributed by atoms with Gasteiger partial charge in [-0.2, -0.15) is 0 Å². The quantitative estimate of drug-likeness (QED) is 0.112. The molecule has 1 unspecified atom stereocenters. The van der Waals surface area contributed by atoms with Crippen LogP contribution in [0, 0.1) is 0 Å². The number of imidazole rings is 1. The largest absolute Gasteiger partial charge is 0.335 e. The Morgan fingerprint density at radius 2 is 1.05 bits per heavy atom. The zero-order valence-electron chi connectivity index (χ0n) is 25.0. The number of unbranched alkanes of at least 4 members (excludes halogenated alkanes) is 16. The van der Waals surface area contributed by atoms with Gasteiger partial charge in [0.15, 0.2) is 0 Å². The van der Waals surface area contributed by atoms with Crippen LogP contribution in [-0.4, -0.2) is 9.55 Å². The van der Waals surface area contributed by atoms with Crippen molar-refractivity contribution in [2.24, 2.45) is 0 Å². The van der Waals surface area contributed by atoms with Gasteiger partial charge in [-0.3, -0.25) is 0 Å². The fourth-order valence-electron chi connectivity index (χ4n) is 5.89. The van der Waals surface area contributed by atoms with Crippen LogP contribution >= 0.6 is 0 Å². The lowest BCUT2D eigenvalue weighted by molar-refractivity contribution is 0.513. The van der Waals surface area contributed by atoms with Crippen molar-refractivity contribution >= 4 is 0 Å². The van der Waals surface area contributed by atoms with Crippen LogP contribution in [0.1, 0.15) is 139 Å². The van der Waals surface area contributed by atoms with E-state index in [1.54, 1.807) is 0 Å². The molecule has 0 N–H and O–H groups in total. The Bertz CT molecular complexity index is 946. The molecule has 0 bridgehead atoms. The van der Waals surface area contributed by atoms with E-state index in [4.69, 9.17) is 4.98 Å². The highest BCUT2D eigenvalue weighted by Gasteiger charge is 2.16. The predicted molar refractivity (Wildman–Crippen MR) is 169 cm³/mol. The number of aryl methyl sites for hydroxylation is 1. The molecule has 3 rings (SSSR count). The van der Waals surface area contributed by atoms with Gasteiger partial charge in [-0.25, -0.2) is 4.98 Å². The van der Waals surface area contributed by atoms with Crippen LogP contribution < -0.4 is 0 Å². The van der Waals surface area contributed by atoms with Crippen molar-refractivity contribution < 1.29 is 0 Å². The lowest BCUT2D eigenvalue weighted by atomic mass is 9.89. The topological polar surface area (TPSA) is 17.8 Å². The van der Waals surface area contributed by atoms with Crippen molar-refractivity contribution in [3.05, 3.63) is 90.0 Å². The lowest BCUT2D eigenvalue weighted by Crippen LogP contribution is -2.12. The third-order valence-electron chi connectivity index (χ3n) is 8.33. The molecular formula is C37H56N2. The average molecular weight is 529 g/mol. The predicted octanol–water partition coefficient (Wildman–Crippen LogP) is 11.1. The van der Waals surface area contributed by atoms with E-state index < -0.39 is 0 Å². The van der Waals surface area contributed by atoms with Crippen molar-refractivity contribution in [3.8, 4) is 0 Å². The van der Waals surface area contributed by atoms with Gasteiger partial charge in [-0.15, -0.1) is 0 Å². The molecule has 0 aliphatic heterocycles. The van der Waals surface area contributed by atoms with Crippen LogP contribution in [0.3, 0.4) is 0 Å². The molecule has 2 nitrogen and oxygen atoms in total. The number of rotatable bonds is 23. The van der Waals surface area contributed by atoms with Crippen molar-refractivity contribution in [2.45, 2.75) is 141 Å². The first-order valence-corrected chi connectivity index (χ1v) is 16.5. The zero-order chi connectivity index (χ0) is 27.2. The van der Waals surface area contributed by atoms with E-state index >= 15 is 0 Å². The van der Waals surface area contributed by atoms with Crippen LogP contribution in [0.4, 0.5) is 0 Å². The summed E-state index contributed by atoms with van der Waals surface area (Å²) < 4.78 is 2.41. The number of hydrogen-bond donors (Lipinski definition) is 0. The van der Waals surface area contributed by atoms with Crippen molar-refractivity contribution in [2.75, 3.05) is 0 Å². The van der Waals surface area contributed by atoms with E-state index in [0.29, 0.717) is 5.92 Å². The molecule has 0 amide bonds. The minimum atomic E-state index is 0.449. The van der Waals surface area contributed by atoms with Gasteiger partial charge in [0, 0.05) is 25.4 Å². The van der Waals surface area contributed by atoms with E-state index in [1.165, 1.54) is 126 Å². The third kappa shape index (κ3) is 13.5. The second kappa shape index (κ2) is 20.5. The van der Waals surface area contributed by atoms with Gasteiger partial charge >= 0.3 is 0 Å². The minimum Gasteiger partial charge on any atom is -0.335 e. The summed E-state index contributed by atoms with van der Waals surface area (Å²) in [5.74, 6) is 1.68. The summed E-state index contributed by atoms with van der Waals surface area (Å²) in [6, 6.07) is 21.9. The van der Waals surface area contributed by atoms with E-state index in [0.717, 1.165) is 19.4 Å². The second-order valence-electron chi connectivity index (χ2n) is 11.7. The van der Waals surface area contributed by atoms with E-state index in [2.05, 4.69) is 78.4 Å². The summed E-state index contributed by atoms with van der Waals surface area (Å²) >= 11 is 0. The van der Waals surface area contributed by atoms with E-state index in [1.807, 2.05) is 6.20 Å². The smallest absolute Gasteiger partial charge is 0.109 e. The molecule has 1 aromatic heterocycles. The molecule has 0 fully saturated rings. The normalized spacial score (nSPS) is 12.1. The van der Waals surface area contributed by atoms with Crippen molar-refractivity contribution in [3.63, 3.8) is 0 Å². The summed E-state index contributed by atoms with van der Waals surface area (Å²) in [5, 5.41) is 0. The van der Waals surface area contributed by atoms with Crippen LogP contribution in [0.2, 0.25) is 0 Å². The number of aromatic nitrogens is 2. The van der Waals surface area contributed by atoms with Gasteiger partial charge in [0.05, 0.1) is 0 Å². The lowest BCUT2D eigenvalue weighted by Gasteiger charge is -2.18. The molecule has 2 aromatic carbocycles. The third-order valence-corrected chi connectivity index (χ3v) is 8.33. The minimum absolute atomic E-state index is 0.449. The van der Waals surface area contributed by atoms with Gasteiger partial charge in [0.2, 0.25) is 0 Å². The highest BCUT2D eigenvalue weighted by atomic mass is 15.1. The van der Waals surface area contributed by atoms with Crippen LogP contribution in [-0.2, 0) is 19.4 Å². The van der Waals surface area contributed by atoms with Gasteiger partial charge < -0.3 is 4.57 Å². The molecule has 3 aromatic rings. The van der Waals surface area contributed by atoms with E-state index in [9.17, 15) is 0 Å². The Morgan fingerprint density at radius 1 is 0.564 bits per heavy atom. The highest BCUT2D eigenvalue weighted by Crippen LogP contribution is 2.25. The summed E-state index contributed by atoms with van der Waals surface area (Å²) in [6.45, 7) is 3.40. The van der Waals surface area contributed by atoms with Gasteiger partial charge in [-0.1, -0.05) is 170 Å². The molecule has 1 heterocycles. The van der Waals surface area contributed by atoms with Crippen LogP contribution in [0.5, 0.6) is 0 Å². The Labute approximate surface area is 240 Å². The standard InChI is InChI=1S/C37H56N2/c1-2-3-4-5-6-7-8-9-10-11-12-13-14-15-16-17-24-30-39-31-29-38-37(39)33-36(35-27-22-19-23-28-35)32-34-25-20-18-21-26-34/h18-23,25-29,31,36H,2-17,24,30,32-33H2,1H3. The first-order valence-electron chi connectivity index (χ1n) is 16.5. The zero-order valence-corrected chi connectivity index (χ0v) is 25.0. The molecule has 0 aliphatic carbocycles. The molecule has 0 saturated heterocycles. The van der Waals surface area contributed by atoms with Crippen molar-refractivity contribution in [1.29, 1.82) is 0 Å². The Kier molecular flexibility index (Phi) is 16.4. The first-order chi connectivity index (χ1) is 19.4. The molecule has 39 heavy (non-hydrogen) atoms. The van der Waals surface area contributed by atoms with Gasteiger partial charge in [0.1, 0.15) is 5.82 Å². The summed E-state index contributed by atoms with van der Waals surface area (Å²) in [4.78, 5) is 4.78. The number of hydrogen-bond acceptors (Lipinski definition) is 1. The SMILES string of the molecule is CCCCCCCCCCCCCCCCCCCn1ccnc1CC(Cc1ccccc1)c1ccccc1. The monoisotopic (exact) mass is 528 g/mol. The number of benzene rings is 2. The second-order valence-corrected chi connectivity index (χ2v) is 11.7. The number of nitrogens with zero attached hydrogens (tertiary/aromatic N) is 2. The maximum atomic E-state index is 4.78. The molecular weight excluding hydrogens is 472 g/mol. The first kappa shape index (κ1) is 31.2. The van der Waals surface area contributed by atoms with Crippen LogP contribution in [0.25, 0.3) is 0 Å². The molecule has 1 atom stereocenters. The Hall–Kier alpha value is -2.35. The fourth-order valence-corrected chi connectivity index (χ4v) is 5.89. The maximum Gasteiger partial charge on any atom is 0.109 e. The summed E-state index contributed by atoms with van der Waals surface area (Å²) in [7, 11) is 0. The van der Waals surface area contributed by atoms with Crippen molar-refractivity contribution in [1.82, 2.24) is 9.55 Å². The Morgan fingerprint density at radius 3 is 1.59 bits per heavy atom. The summed E-state index contributed by atoms with van der Waals surface area (Å²) in [6.07, 6.45) is 30.4. The molecule has 0 saturated carbocycles. The molecule has 214 valence electrons. The fraction of sp³-hybridized carbons (Fsp3) is 0.595. The molecule has 2 heteroatoms.